The molecule has 0 radical (unpaired) electrons. The maximum Gasteiger partial charge on any atom is 0.0233 e. The van der Waals surface area contributed by atoms with Crippen LogP contribution in [0.15, 0.2) is 60.7 Å². The highest BCUT2D eigenvalue weighted by Crippen LogP contribution is 2.24. The normalized spacial score (nSPS) is 22.0. The summed E-state index contributed by atoms with van der Waals surface area (Å²) in [6.07, 6.45) is 0. The summed E-state index contributed by atoms with van der Waals surface area (Å²) < 4.78 is 0. The Labute approximate surface area is 134 Å². The molecule has 22 heavy (non-hydrogen) atoms. The molecule has 0 aliphatic carbocycles. The van der Waals surface area contributed by atoms with Crippen LogP contribution in [0.25, 0.3) is 0 Å². The Morgan fingerprint density at radius 3 is 2.23 bits per heavy atom. The van der Waals surface area contributed by atoms with Crippen LogP contribution in [-0.2, 0) is 13.1 Å². The molecule has 1 aliphatic rings. The lowest BCUT2D eigenvalue weighted by Crippen LogP contribution is -2.27. The van der Waals surface area contributed by atoms with Crippen molar-refractivity contribution in [1.82, 2.24) is 10.2 Å². The summed E-state index contributed by atoms with van der Waals surface area (Å²) in [7, 11) is 0. The van der Waals surface area contributed by atoms with Crippen molar-refractivity contribution >= 4 is 0 Å². The summed E-state index contributed by atoms with van der Waals surface area (Å²) in [6, 6.07) is 21.5. The molecule has 0 amide bonds. The van der Waals surface area contributed by atoms with E-state index in [1.807, 2.05) is 0 Å². The van der Waals surface area contributed by atoms with E-state index in [0.717, 1.165) is 31.5 Å². The molecule has 0 bridgehead atoms. The van der Waals surface area contributed by atoms with E-state index in [9.17, 15) is 0 Å². The van der Waals surface area contributed by atoms with E-state index in [1.165, 1.54) is 24.2 Å². The lowest BCUT2D eigenvalue weighted by Gasteiger charge is -2.16. The van der Waals surface area contributed by atoms with Crippen molar-refractivity contribution in [1.29, 1.82) is 0 Å². The molecule has 1 saturated heterocycles. The quantitative estimate of drug-likeness (QED) is 0.876. The van der Waals surface area contributed by atoms with Gasteiger partial charge in [0.15, 0.2) is 0 Å². The number of nitrogens with zero attached hydrogens (tertiary/aromatic N) is 1. The van der Waals surface area contributed by atoms with Gasteiger partial charge in [-0.1, -0.05) is 67.6 Å². The summed E-state index contributed by atoms with van der Waals surface area (Å²) in [5.74, 6) is 1.53. The predicted molar refractivity (Wildman–Crippen MR) is 92.5 cm³/mol. The number of rotatable bonds is 6. The molecule has 2 aromatic carbocycles. The van der Waals surface area contributed by atoms with Gasteiger partial charge >= 0.3 is 0 Å². The first-order chi connectivity index (χ1) is 10.8. The highest BCUT2D eigenvalue weighted by Gasteiger charge is 2.28. The third-order valence-corrected chi connectivity index (χ3v) is 4.67. The first-order valence-corrected chi connectivity index (χ1v) is 8.32. The summed E-state index contributed by atoms with van der Waals surface area (Å²) in [4.78, 5) is 2.59. The summed E-state index contributed by atoms with van der Waals surface area (Å²) in [5.41, 5.74) is 2.79. The Morgan fingerprint density at radius 2 is 1.55 bits per heavy atom. The zero-order chi connectivity index (χ0) is 15.2. The zero-order valence-electron chi connectivity index (χ0n) is 13.4. The van der Waals surface area contributed by atoms with Crippen LogP contribution in [0, 0.1) is 11.8 Å². The van der Waals surface area contributed by atoms with Crippen LogP contribution < -0.4 is 5.32 Å². The molecular formula is C20H26N2. The second kappa shape index (κ2) is 7.57. The van der Waals surface area contributed by atoms with Gasteiger partial charge in [-0.25, -0.2) is 0 Å². The van der Waals surface area contributed by atoms with Gasteiger partial charge in [0.1, 0.15) is 0 Å². The van der Waals surface area contributed by atoms with Crippen LogP contribution in [0.5, 0.6) is 0 Å². The van der Waals surface area contributed by atoms with Crippen molar-refractivity contribution in [3.63, 3.8) is 0 Å². The largest absolute Gasteiger partial charge is 0.312 e. The Balaban J connectivity index is 1.45. The molecule has 2 heteroatoms. The fourth-order valence-corrected chi connectivity index (χ4v) is 3.38. The van der Waals surface area contributed by atoms with Crippen molar-refractivity contribution in [2.45, 2.75) is 20.0 Å². The molecule has 2 nitrogen and oxygen atoms in total. The smallest absolute Gasteiger partial charge is 0.0233 e. The maximum atomic E-state index is 3.63. The number of likely N-dealkylation sites (tertiary alicyclic amines) is 1. The monoisotopic (exact) mass is 294 g/mol. The van der Waals surface area contributed by atoms with Gasteiger partial charge in [0.05, 0.1) is 0 Å². The average molecular weight is 294 g/mol. The summed E-state index contributed by atoms with van der Waals surface area (Å²) in [5, 5.41) is 3.63. The van der Waals surface area contributed by atoms with Crippen molar-refractivity contribution in [3.8, 4) is 0 Å². The molecule has 2 aromatic rings. The number of hydrogen-bond acceptors (Lipinski definition) is 2. The lowest BCUT2D eigenvalue weighted by atomic mass is 9.98. The molecule has 1 N–H and O–H groups in total. The Hall–Kier alpha value is -1.64. The first-order valence-electron chi connectivity index (χ1n) is 8.32. The molecule has 0 aromatic heterocycles. The van der Waals surface area contributed by atoms with E-state index in [-0.39, 0.29) is 0 Å². The molecule has 0 spiro atoms. The van der Waals surface area contributed by atoms with Gasteiger partial charge in [-0.05, 0) is 29.5 Å². The van der Waals surface area contributed by atoms with Crippen LogP contribution in [0.4, 0.5) is 0 Å². The minimum atomic E-state index is 0.757. The minimum absolute atomic E-state index is 0.757. The first kappa shape index (κ1) is 15.3. The summed E-state index contributed by atoms with van der Waals surface area (Å²) in [6.45, 7) is 7.98. The summed E-state index contributed by atoms with van der Waals surface area (Å²) >= 11 is 0. The van der Waals surface area contributed by atoms with Crippen LogP contribution in [0.2, 0.25) is 0 Å². The Morgan fingerprint density at radius 1 is 0.909 bits per heavy atom. The van der Waals surface area contributed by atoms with Crippen molar-refractivity contribution in [2.24, 2.45) is 11.8 Å². The molecule has 1 aliphatic heterocycles. The van der Waals surface area contributed by atoms with Gasteiger partial charge in [0.2, 0.25) is 0 Å². The number of hydrogen-bond donors (Lipinski definition) is 1. The highest BCUT2D eigenvalue weighted by atomic mass is 15.2. The van der Waals surface area contributed by atoms with Crippen LogP contribution in [0.1, 0.15) is 18.1 Å². The topological polar surface area (TPSA) is 15.3 Å². The van der Waals surface area contributed by atoms with Crippen LogP contribution in [-0.4, -0.2) is 24.5 Å². The van der Waals surface area contributed by atoms with Crippen molar-refractivity contribution in [3.05, 3.63) is 71.8 Å². The highest BCUT2D eigenvalue weighted by molar-refractivity contribution is 5.15. The fourth-order valence-electron chi connectivity index (χ4n) is 3.38. The minimum Gasteiger partial charge on any atom is -0.312 e. The molecular weight excluding hydrogens is 268 g/mol. The Kier molecular flexibility index (Phi) is 5.25. The van der Waals surface area contributed by atoms with E-state index in [2.05, 4.69) is 77.8 Å². The lowest BCUT2D eigenvalue weighted by molar-refractivity contribution is 0.312. The molecule has 0 saturated carbocycles. The van der Waals surface area contributed by atoms with Crippen molar-refractivity contribution in [2.75, 3.05) is 19.6 Å². The standard InChI is InChI=1S/C20H26N2/c1-17-14-22(15-19-10-6-3-7-11-19)16-20(17)13-21-12-18-8-4-2-5-9-18/h2-11,17,20-21H,12-16H2,1H3/t17-,20+/m1/s1. The molecule has 3 rings (SSSR count). The van der Waals surface area contributed by atoms with Gasteiger partial charge < -0.3 is 5.32 Å². The average Bonchev–Trinajstić information content (AvgIpc) is 2.89. The van der Waals surface area contributed by atoms with Gasteiger partial charge in [-0.15, -0.1) is 0 Å². The molecule has 0 unspecified atom stereocenters. The number of benzene rings is 2. The second-order valence-electron chi connectivity index (χ2n) is 6.53. The van der Waals surface area contributed by atoms with E-state index < -0.39 is 0 Å². The van der Waals surface area contributed by atoms with Crippen molar-refractivity contribution < 1.29 is 0 Å². The molecule has 1 heterocycles. The van der Waals surface area contributed by atoms with E-state index in [0.29, 0.717) is 0 Å². The Bertz CT molecular complexity index is 552. The van der Waals surface area contributed by atoms with E-state index in [4.69, 9.17) is 0 Å². The predicted octanol–water partition coefficient (Wildman–Crippen LogP) is 3.54. The van der Waals surface area contributed by atoms with Crippen LogP contribution >= 0.6 is 0 Å². The van der Waals surface area contributed by atoms with Gasteiger partial charge in [0, 0.05) is 26.2 Å². The maximum absolute atomic E-state index is 3.63. The van der Waals surface area contributed by atoms with Gasteiger partial charge in [-0.3, -0.25) is 4.90 Å². The molecule has 1 fully saturated rings. The van der Waals surface area contributed by atoms with E-state index >= 15 is 0 Å². The SMILES string of the molecule is C[C@@H]1CN(Cc2ccccc2)C[C@@H]1CNCc1ccccc1. The third kappa shape index (κ3) is 4.19. The van der Waals surface area contributed by atoms with E-state index in [1.54, 1.807) is 0 Å². The molecule has 2 atom stereocenters. The fraction of sp³-hybridized carbons (Fsp3) is 0.400. The van der Waals surface area contributed by atoms with Gasteiger partial charge in [-0.2, -0.15) is 0 Å². The van der Waals surface area contributed by atoms with Crippen LogP contribution in [0.3, 0.4) is 0 Å². The zero-order valence-corrected chi connectivity index (χ0v) is 13.4. The second-order valence-corrected chi connectivity index (χ2v) is 6.53. The molecule has 116 valence electrons. The van der Waals surface area contributed by atoms with Gasteiger partial charge in [0.25, 0.3) is 0 Å². The number of nitrogens with one attached hydrogen (secondary N) is 1. The third-order valence-electron chi connectivity index (χ3n) is 4.67.